The van der Waals surface area contributed by atoms with Gasteiger partial charge in [-0.05, 0) is 30.9 Å². The van der Waals surface area contributed by atoms with Gasteiger partial charge >= 0.3 is 6.03 Å². The number of urea groups is 1. The molecule has 0 aromatic heterocycles. The Hall–Kier alpha value is -1.46. The average molecular weight is 324 g/mol. The second-order valence-electron chi connectivity index (χ2n) is 6.13. The molecule has 1 atom stereocenters. The first-order chi connectivity index (χ1) is 10.6. The van der Waals surface area contributed by atoms with Gasteiger partial charge in [0, 0.05) is 20.6 Å². The number of halogens is 1. The summed E-state index contributed by atoms with van der Waals surface area (Å²) < 4.78 is 5.54. The minimum absolute atomic E-state index is 0.0643. The van der Waals surface area contributed by atoms with Gasteiger partial charge in [0.2, 0.25) is 0 Å². The topological polar surface area (TPSA) is 44.8 Å². The highest BCUT2D eigenvalue weighted by molar-refractivity contribution is 6.34. The van der Waals surface area contributed by atoms with Crippen molar-refractivity contribution >= 4 is 29.0 Å². The Morgan fingerprint density at radius 2 is 2.18 bits per heavy atom. The highest BCUT2D eigenvalue weighted by Gasteiger charge is 2.39. The Bertz CT molecular complexity index is 560. The fraction of sp³-hybridized carbons (Fsp3) is 0.562. The van der Waals surface area contributed by atoms with Crippen molar-refractivity contribution < 1.29 is 9.53 Å². The molecule has 1 aromatic carbocycles. The van der Waals surface area contributed by atoms with Crippen LogP contribution in [-0.4, -0.2) is 50.8 Å². The highest BCUT2D eigenvalue weighted by Crippen LogP contribution is 2.37. The van der Waals surface area contributed by atoms with Crippen LogP contribution in [0.4, 0.5) is 16.2 Å². The van der Waals surface area contributed by atoms with E-state index in [1.165, 1.54) is 12.8 Å². The number of carbonyl (C=O) groups excluding carboxylic acids is 1. The van der Waals surface area contributed by atoms with E-state index in [1.54, 1.807) is 0 Å². The molecule has 1 heterocycles. The molecule has 0 unspecified atom stereocenters. The molecule has 1 aromatic rings. The zero-order chi connectivity index (χ0) is 15.7. The summed E-state index contributed by atoms with van der Waals surface area (Å²) in [5, 5.41) is 3.65. The number of anilines is 2. The Balaban J connectivity index is 1.77. The number of morpholine rings is 1. The van der Waals surface area contributed by atoms with Gasteiger partial charge in [0.05, 0.1) is 35.7 Å². The van der Waals surface area contributed by atoms with E-state index in [0.717, 1.165) is 11.4 Å². The largest absolute Gasteiger partial charge is 0.377 e. The van der Waals surface area contributed by atoms with Crippen molar-refractivity contribution in [1.82, 2.24) is 4.90 Å². The highest BCUT2D eigenvalue weighted by atomic mass is 35.5. The number of hydrogen-bond donors (Lipinski definition) is 1. The minimum atomic E-state index is -0.0643. The fourth-order valence-electron chi connectivity index (χ4n) is 3.00. The quantitative estimate of drug-likeness (QED) is 0.930. The molecule has 0 radical (unpaired) electrons. The Morgan fingerprint density at radius 1 is 1.41 bits per heavy atom. The molecule has 1 saturated carbocycles. The molecule has 120 valence electrons. The first kappa shape index (κ1) is 15.4. The lowest BCUT2D eigenvalue weighted by atomic mass is 10.1. The van der Waals surface area contributed by atoms with Crippen LogP contribution in [0.25, 0.3) is 0 Å². The lowest BCUT2D eigenvalue weighted by molar-refractivity contribution is 0.00773. The number of nitrogens with zero attached hydrogens (tertiary/aromatic N) is 2. The van der Waals surface area contributed by atoms with Crippen LogP contribution in [0.1, 0.15) is 12.8 Å². The van der Waals surface area contributed by atoms with Gasteiger partial charge in [0.1, 0.15) is 0 Å². The van der Waals surface area contributed by atoms with E-state index >= 15 is 0 Å². The van der Waals surface area contributed by atoms with Gasteiger partial charge in [0.15, 0.2) is 0 Å². The van der Waals surface area contributed by atoms with Crippen LogP contribution in [0.15, 0.2) is 18.2 Å². The molecule has 2 fully saturated rings. The van der Waals surface area contributed by atoms with Crippen LogP contribution < -0.4 is 10.2 Å². The number of para-hydroxylation sites is 1. The number of hydrogen-bond acceptors (Lipinski definition) is 3. The zero-order valence-electron chi connectivity index (χ0n) is 13.0. The summed E-state index contributed by atoms with van der Waals surface area (Å²) in [6.45, 7) is 1.89. The lowest BCUT2D eigenvalue weighted by Crippen LogP contribution is -2.51. The maximum atomic E-state index is 12.7. The van der Waals surface area contributed by atoms with Gasteiger partial charge < -0.3 is 19.9 Å². The van der Waals surface area contributed by atoms with E-state index < -0.39 is 0 Å². The first-order valence-corrected chi connectivity index (χ1v) is 8.07. The van der Waals surface area contributed by atoms with Gasteiger partial charge in [-0.25, -0.2) is 4.79 Å². The van der Waals surface area contributed by atoms with E-state index in [-0.39, 0.29) is 12.1 Å². The standard InChI is InChI=1S/C16H22ClN3O2/c1-19(2)15-12(17)4-3-5-13(15)18-16(21)20-8-9-22-10-14(20)11-6-7-11/h3-5,11,14H,6-10H2,1-2H3,(H,18,21)/t14-/m1/s1. The molecule has 2 aliphatic rings. The molecule has 6 heteroatoms. The zero-order valence-corrected chi connectivity index (χ0v) is 13.8. The summed E-state index contributed by atoms with van der Waals surface area (Å²) in [5.41, 5.74) is 1.57. The molecule has 3 rings (SSSR count). The van der Waals surface area contributed by atoms with Crippen molar-refractivity contribution in [2.75, 3.05) is 44.1 Å². The number of rotatable bonds is 3. The Morgan fingerprint density at radius 3 is 2.86 bits per heavy atom. The number of nitrogens with one attached hydrogen (secondary N) is 1. The molecular weight excluding hydrogens is 302 g/mol. The number of ether oxygens (including phenoxy) is 1. The molecular formula is C16H22ClN3O2. The third-order valence-corrected chi connectivity index (χ3v) is 4.57. The molecule has 1 N–H and O–H groups in total. The minimum Gasteiger partial charge on any atom is -0.377 e. The molecule has 2 amide bonds. The van der Waals surface area contributed by atoms with E-state index in [9.17, 15) is 4.79 Å². The van der Waals surface area contributed by atoms with Crippen LogP contribution in [-0.2, 0) is 4.74 Å². The molecule has 22 heavy (non-hydrogen) atoms. The lowest BCUT2D eigenvalue weighted by Gasteiger charge is -2.36. The van der Waals surface area contributed by atoms with Gasteiger partial charge in [-0.2, -0.15) is 0 Å². The van der Waals surface area contributed by atoms with Crippen molar-refractivity contribution in [3.63, 3.8) is 0 Å². The second kappa shape index (κ2) is 6.34. The summed E-state index contributed by atoms with van der Waals surface area (Å²) in [4.78, 5) is 16.5. The Kier molecular flexibility index (Phi) is 4.45. The normalized spacial score (nSPS) is 21.6. The first-order valence-electron chi connectivity index (χ1n) is 7.69. The van der Waals surface area contributed by atoms with Crippen molar-refractivity contribution in [2.45, 2.75) is 18.9 Å². The van der Waals surface area contributed by atoms with Crippen molar-refractivity contribution in [1.29, 1.82) is 0 Å². The molecule has 0 bridgehead atoms. The maximum absolute atomic E-state index is 12.7. The van der Waals surface area contributed by atoms with Crippen LogP contribution in [0.5, 0.6) is 0 Å². The van der Waals surface area contributed by atoms with Crippen molar-refractivity contribution in [2.24, 2.45) is 5.92 Å². The third kappa shape index (κ3) is 3.15. The summed E-state index contributed by atoms with van der Waals surface area (Å²) >= 11 is 6.26. The van der Waals surface area contributed by atoms with Gasteiger partial charge in [-0.15, -0.1) is 0 Å². The second-order valence-corrected chi connectivity index (χ2v) is 6.54. The SMILES string of the molecule is CN(C)c1c(Cl)cccc1NC(=O)N1CCOC[C@@H]1C1CC1. The molecule has 1 aliphatic carbocycles. The van der Waals surface area contributed by atoms with E-state index in [1.807, 2.05) is 42.1 Å². The van der Waals surface area contributed by atoms with Crippen LogP contribution in [0, 0.1) is 5.92 Å². The van der Waals surface area contributed by atoms with E-state index in [4.69, 9.17) is 16.3 Å². The summed E-state index contributed by atoms with van der Waals surface area (Å²) in [6.07, 6.45) is 2.38. The average Bonchev–Trinajstić information content (AvgIpc) is 3.31. The summed E-state index contributed by atoms with van der Waals surface area (Å²) in [5.74, 6) is 0.596. The third-order valence-electron chi connectivity index (χ3n) is 4.27. The maximum Gasteiger partial charge on any atom is 0.322 e. The molecule has 1 saturated heterocycles. The monoisotopic (exact) mass is 323 g/mol. The number of benzene rings is 1. The van der Waals surface area contributed by atoms with Gasteiger partial charge in [0.25, 0.3) is 0 Å². The number of carbonyl (C=O) groups is 1. The van der Waals surface area contributed by atoms with Crippen LogP contribution >= 0.6 is 11.6 Å². The smallest absolute Gasteiger partial charge is 0.322 e. The van der Waals surface area contributed by atoms with E-state index in [2.05, 4.69) is 5.32 Å². The molecule has 0 spiro atoms. The fourth-order valence-corrected chi connectivity index (χ4v) is 3.35. The van der Waals surface area contributed by atoms with Crippen molar-refractivity contribution in [3.8, 4) is 0 Å². The number of amides is 2. The van der Waals surface area contributed by atoms with Crippen LogP contribution in [0.2, 0.25) is 5.02 Å². The van der Waals surface area contributed by atoms with Gasteiger partial charge in [-0.3, -0.25) is 0 Å². The predicted molar refractivity (Wildman–Crippen MR) is 88.8 cm³/mol. The van der Waals surface area contributed by atoms with Crippen LogP contribution in [0.3, 0.4) is 0 Å². The Labute approximate surface area is 136 Å². The van der Waals surface area contributed by atoms with Crippen molar-refractivity contribution in [3.05, 3.63) is 23.2 Å². The summed E-state index contributed by atoms with van der Waals surface area (Å²) in [6, 6.07) is 5.70. The van der Waals surface area contributed by atoms with E-state index in [0.29, 0.717) is 30.7 Å². The molecule has 5 nitrogen and oxygen atoms in total. The molecule has 1 aliphatic heterocycles. The van der Waals surface area contributed by atoms with Gasteiger partial charge in [-0.1, -0.05) is 17.7 Å². The predicted octanol–water partition coefficient (Wildman–Crippen LogP) is 3.05. The summed E-state index contributed by atoms with van der Waals surface area (Å²) in [7, 11) is 3.83.